The van der Waals surface area contributed by atoms with Crippen LogP contribution < -0.4 is 5.32 Å². The second-order valence-corrected chi connectivity index (χ2v) is 4.31. The molecule has 0 aliphatic carbocycles. The molecule has 0 aliphatic rings. The van der Waals surface area contributed by atoms with Crippen LogP contribution in [0.2, 0.25) is 5.02 Å². The Morgan fingerprint density at radius 3 is 2.64 bits per heavy atom. The molecule has 0 aliphatic heterocycles. The maximum atomic E-state index is 7.43. The lowest BCUT2D eigenvalue weighted by Crippen LogP contribution is -2.23. The molecule has 1 unspecified atom stereocenters. The zero-order chi connectivity index (χ0) is 11.3. The van der Waals surface area contributed by atoms with Gasteiger partial charge in [-0.3, -0.25) is 0 Å². The molecule has 0 spiro atoms. The van der Waals surface area contributed by atoms with Crippen LogP contribution in [0.1, 0.15) is 13.9 Å². The summed E-state index contributed by atoms with van der Waals surface area (Å²) < 4.78 is 7.43. The van der Waals surface area contributed by atoms with Crippen molar-refractivity contribution < 1.29 is 1.37 Å². The fourth-order valence-electron chi connectivity index (χ4n) is 1.14. The highest BCUT2D eigenvalue weighted by Crippen LogP contribution is 2.09. The normalized spacial score (nSPS) is 16.1. The summed E-state index contributed by atoms with van der Waals surface area (Å²) in [5.41, 5.74) is 1.23. The maximum absolute atomic E-state index is 7.43. The Bertz CT molecular complexity index is 292. The van der Waals surface area contributed by atoms with E-state index in [4.69, 9.17) is 24.6 Å². The number of hydrogen-bond acceptors (Lipinski definition) is 1. The molecular weight excluding hydrogens is 217 g/mol. The monoisotopic (exact) mass is 232 g/mol. The number of alkyl halides is 1. The molecule has 1 aromatic rings. The van der Waals surface area contributed by atoms with E-state index in [0.29, 0.717) is 6.54 Å². The molecule has 1 rings (SSSR count). The van der Waals surface area contributed by atoms with Gasteiger partial charge in [0.15, 0.2) is 0 Å². The minimum Gasteiger partial charge on any atom is -0.315 e. The van der Waals surface area contributed by atoms with Crippen LogP contribution in [0.15, 0.2) is 24.3 Å². The Hall–Kier alpha value is -0.240. The van der Waals surface area contributed by atoms with E-state index in [1.54, 1.807) is 6.92 Å². The quantitative estimate of drug-likeness (QED) is 0.608. The average molecular weight is 233 g/mol. The lowest BCUT2D eigenvalue weighted by molar-refractivity contribution is 0.675. The molecule has 1 N–H and O–H groups in total. The van der Waals surface area contributed by atoms with E-state index < -0.39 is 5.35 Å². The van der Waals surface area contributed by atoms with E-state index in [0.717, 1.165) is 18.0 Å². The Labute approximate surface area is 96.8 Å². The zero-order valence-electron chi connectivity index (χ0n) is 9.19. The second-order valence-electron chi connectivity index (χ2n) is 3.23. The van der Waals surface area contributed by atoms with Crippen LogP contribution in [0.25, 0.3) is 0 Å². The molecule has 0 bridgehead atoms. The van der Waals surface area contributed by atoms with Gasteiger partial charge in [0.2, 0.25) is 0 Å². The fraction of sp³-hybridized carbons (Fsp3) is 0.455. The topological polar surface area (TPSA) is 12.0 Å². The molecule has 1 atom stereocenters. The van der Waals surface area contributed by atoms with Crippen LogP contribution in [-0.4, -0.2) is 18.4 Å². The summed E-state index contributed by atoms with van der Waals surface area (Å²) >= 11 is 11.5. The van der Waals surface area contributed by atoms with Crippen LogP contribution in [0.3, 0.4) is 0 Å². The number of benzene rings is 1. The van der Waals surface area contributed by atoms with Gasteiger partial charge in [-0.2, -0.15) is 0 Å². The van der Waals surface area contributed by atoms with Gasteiger partial charge in [-0.15, -0.1) is 11.6 Å². The first-order valence-electron chi connectivity index (χ1n) is 5.11. The Kier molecular flexibility index (Phi) is 4.61. The van der Waals surface area contributed by atoms with Gasteiger partial charge in [0.25, 0.3) is 0 Å². The van der Waals surface area contributed by atoms with Crippen LogP contribution in [0, 0.1) is 0 Å². The summed E-state index contributed by atoms with van der Waals surface area (Å²) in [5, 5.41) is 2.98. The average Bonchev–Trinajstić information content (AvgIpc) is 2.14. The van der Waals surface area contributed by atoms with Crippen molar-refractivity contribution in [2.75, 3.05) is 13.1 Å². The minimum atomic E-state index is -0.917. The highest BCUT2D eigenvalue weighted by atomic mass is 35.5. The second kappa shape index (κ2) is 6.28. The van der Waals surface area contributed by atoms with E-state index in [-0.39, 0.29) is 0 Å². The van der Waals surface area contributed by atoms with Crippen molar-refractivity contribution in [3.8, 4) is 0 Å². The Morgan fingerprint density at radius 1 is 1.43 bits per heavy atom. The third-order valence-corrected chi connectivity index (χ3v) is 2.26. The first-order chi connectivity index (χ1) is 6.97. The molecule has 0 radical (unpaired) electrons. The van der Waals surface area contributed by atoms with Gasteiger partial charge in [-0.05, 0) is 37.6 Å². The predicted octanol–water partition coefficient (Wildman–Crippen LogP) is 3.10. The molecule has 14 heavy (non-hydrogen) atoms. The van der Waals surface area contributed by atoms with Gasteiger partial charge in [-0.1, -0.05) is 23.7 Å². The summed E-state index contributed by atoms with van der Waals surface area (Å²) in [5.74, 6) is 0. The summed E-state index contributed by atoms with van der Waals surface area (Å²) in [6.07, 6.45) is 0.921. The van der Waals surface area contributed by atoms with Crippen LogP contribution in [0.4, 0.5) is 0 Å². The molecule has 0 saturated heterocycles. The van der Waals surface area contributed by atoms with Crippen molar-refractivity contribution in [1.29, 1.82) is 0 Å². The third kappa shape index (κ3) is 4.85. The molecule has 0 saturated carbocycles. The third-order valence-electron chi connectivity index (χ3n) is 1.87. The molecule has 3 heteroatoms. The lowest BCUT2D eigenvalue weighted by atomic mass is 10.1. The first-order valence-corrected chi connectivity index (χ1v) is 5.37. The number of hydrogen-bond donors (Lipinski definition) is 1. The van der Waals surface area contributed by atoms with Crippen LogP contribution in [-0.2, 0) is 6.42 Å². The van der Waals surface area contributed by atoms with Crippen molar-refractivity contribution >= 4 is 23.2 Å². The highest BCUT2D eigenvalue weighted by molar-refractivity contribution is 6.30. The molecule has 1 nitrogen and oxygen atoms in total. The summed E-state index contributed by atoms with van der Waals surface area (Å²) in [7, 11) is 0. The predicted molar refractivity (Wildman–Crippen MR) is 63.3 cm³/mol. The van der Waals surface area contributed by atoms with Crippen LogP contribution >= 0.6 is 23.2 Å². The zero-order valence-corrected chi connectivity index (χ0v) is 9.70. The summed E-state index contributed by atoms with van der Waals surface area (Å²) in [6, 6.07) is 7.77. The van der Waals surface area contributed by atoms with E-state index in [9.17, 15) is 0 Å². The van der Waals surface area contributed by atoms with Crippen molar-refractivity contribution in [2.45, 2.75) is 18.7 Å². The maximum Gasteiger partial charge on any atom is 0.0482 e. The molecular formula is C11H15Cl2N. The highest BCUT2D eigenvalue weighted by Gasteiger charge is 1.96. The smallest absolute Gasteiger partial charge is 0.0482 e. The first kappa shape index (κ1) is 10.3. The number of halogens is 2. The fourth-order valence-corrected chi connectivity index (χ4v) is 1.36. The van der Waals surface area contributed by atoms with Gasteiger partial charge in [0.1, 0.15) is 0 Å². The van der Waals surface area contributed by atoms with Crippen LogP contribution in [0.5, 0.6) is 0 Å². The van der Waals surface area contributed by atoms with Gasteiger partial charge >= 0.3 is 0 Å². The van der Waals surface area contributed by atoms with Crippen molar-refractivity contribution in [1.82, 2.24) is 5.32 Å². The van der Waals surface area contributed by atoms with Gasteiger partial charge in [-0.25, -0.2) is 0 Å². The van der Waals surface area contributed by atoms with E-state index in [2.05, 4.69) is 5.32 Å². The molecule has 0 aromatic heterocycles. The van der Waals surface area contributed by atoms with Gasteiger partial charge in [0.05, 0.1) is 0 Å². The summed E-state index contributed by atoms with van der Waals surface area (Å²) in [6.45, 7) is 2.98. The van der Waals surface area contributed by atoms with E-state index in [1.807, 2.05) is 24.3 Å². The summed E-state index contributed by atoms with van der Waals surface area (Å²) in [4.78, 5) is 0. The molecule has 1 aromatic carbocycles. The minimum absolute atomic E-state index is 0.488. The van der Waals surface area contributed by atoms with Crippen molar-refractivity contribution in [3.63, 3.8) is 0 Å². The number of rotatable bonds is 5. The molecule has 78 valence electrons. The number of nitrogens with one attached hydrogen (secondary N) is 1. The molecule has 0 heterocycles. The van der Waals surface area contributed by atoms with Gasteiger partial charge < -0.3 is 5.32 Å². The van der Waals surface area contributed by atoms with Crippen molar-refractivity contribution in [3.05, 3.63) is 34.9 Å². The molecule has 0 amide bonds. The van der Waals surface area contributed by atoms with Crippen molar-refractivity contribution in [2.24, 2.45) is 0 Å². The SMILES string of the molecule is [2H]C(C)(Cl)CNCCc1ccc(Cl)cc1. The Morgan fingerprint density at radius 2 is 2.07 bits per heavy atom. The lowest BCUT2D eigenvalue weighted by Gasteiger charge is -2.05. The van der Waals surface area contributed by atoms with E-state index in [1.165, 1.54) is 5.56 Å². The van der Waals surface area contributed by atoms with E-state index >= 15 is 0 Å². The molecule has 0 fully saturated rings. The Balaban J connectivity index is 2.23. The van der Waals surface area contributed by atoms with Gasteiger partial charge in [0, 0.05) is 18.3 Å². The largest absolute Gasteiger partial charge is 0.315 e. The standard InChI is InChI=1S/C11H15Cl2N/c1-9(12)8-14-7-6-10-2-4-11(13)5-3-10/h2-5,9,14H,6-8H2,1H3/i9D.